The van der Waals surface area contributed by atoms with Crippen LogP contribution in [0, 0.1) is 0 Å². The minimum Gasteiger partial charge on any atom is -0.497 e. The maximum Gasteiger partial charge on any atom is 0.317 e. The molecule has 0 atom stereocenters. The summed E-state index contributed by atoms with van der Waals surface area (Å²) in [4.78, 5) is 36.3. The molecule has 1 aromatic carbocycles. The zero-order valence-electron chi connectivity index (χ0n) is 14.5. The average Bonchev–Trinajstić information content (AvgIpc) is 3.03. The lowest BCUT2D eigenvalue weighted by atomic mass is 10.0. The van der Waals surface area contributed by atoms with E-state index in [1.807, 2.05) is 6.92 Å². The Kier molecular flexibility index (Phi) is 6.88. The van der Waals surface area contributed by atoms with Crippen molar-refractivity contribution in [2.45, 2.75) is 13.3 Å². The van der Waals surface area contributed by atoms with Crippen LogP contribution in [0.15, 0.2) is 30.3 Å². The second kappa shape index (κ2) is 9.12. The zero-order valence-corrected chi connectivity index (χ0v) is 15.3. The van der Waals surface area contributed by atoms with Gasteiger partial charge in [0.25, 0.3) is 0 Å². The number of carboxylic acids is 1. The van der Waals surface area contributed by atoms with E-state index >= 15 is 0 Å². The van der Waals surface area contributed by atoms with Crippen molar-refractivity contribution in [2.24, 2.45) is 0 Å². The van der Waals surface area contributed by atoms with E-state index in [1.165, 1.54) is 11.3 Å². The Hall–Kier alpha value is -2.71. The van der Waals surface area contributed by atoms with Gasteiger partial charge in [-0.05, 0) is 36.8 Å². The third-order valence-corrected chi connectivity index (χ3v) is 4.74. The Morgan fingerprint density at radius 2 is 1.85 bits per heavy atom. The molecule has 0 aliphatic rings. The highest BCUT2D eigenvalue weighted by Crippen LogP contribution is 2.30. The van der Waals surface area contributed by atoms with Gasteiger partial charge >= 0.3 is 5.97 Å². The molecule has 0 unspecified atom stereocenters. The Bertz CT molecular complexity index is 798. The largest absolute Gasteiger partial charge is 0.497 e. The number of anilines is 1. The highest BCUT2D eigenvalue weighted by atomic mass is 32.1. The number of thiophene rings is 1. The summed E-state index contributed by atoms with van der Waals surface area (Å²) in [5, 5.41) is 14.3. The summed E-state index contributed by atoms with van der Waals surface area (Å²) < 4.78 is 5.09. The lowest BCUT2D eigenvalue weighted by Crippen LogP contribution is -2.31. The second-order valence-corrected chi connectivity index (χ2v) is 6.55. The number of methoxy groups -OCH3 is 1. The number of amides is 1. The van der Waals surface area contributed by atoms with Gasteiger partial charge in [-0.2, -0.15) is 0 Å². The first-order valence-electron chi connectivity index (χ1n) is 7.98. The molecule has 0 radical (unpaired) electrons. The molecule has 0 saturated heterocycles. The van der Waals surface area contributed by atoms with Crippen LogP contribution >= 0.6 is 11.3 Å². The monoisotopic (exact) mass is 376 g/mol. The van der Waals surface area contributed by atoms with Gasteiger partial charge in [-0.3, -0.25) is 19.7 Å². The van der Waals surface area contributed by atoms with Crippen LogP contribution in [0.1, 0.15) is 27.7 Å². The number of ether oxygens (including phenoxy) is 1. The standard InChI is InChI=1S/C18H20N2O5S/c1-3-13-8-14(17(24)11-4-6-12(25-2)7-5-11)18(26-13)20-15(21)9-19-10-16(22)23/h4-8,19H,3,9-10H2,1-2H3,(H,20,21)(H,22,23). The van der Waals surface area contributed by atoms with Crippen LogP contribution in [0.3, 0.4) is 0 Å². The third kappa shape index (κ3) is 5.14. The first kappa shape index (κ1) is 19.6. The van der Waals surface area contributed by atoms with Gasteiger partial charge in [-0.25, -0.2) is 0 Å². The van der Waals surface area contributed by atoms with E-state index in [0.29, 0.717) is 21.9 Å². The van der Waals surface area contributed by atoms with E-state index in [4.69, 9.17) is 9.84 Å². The number of aliphatic carboxylic acids is 1. The van der Waals surface area contributed by atoms with Crippen LogP contribution in [0.2, 0.25) is 0 Å². The summed E-state index contributed by atoms with van der Waals surface area (Å²) in [6, 6.07) is 8.52. The fourth-order valence-electron chi connectivity index (χ4n) is 2.23. The van der Waals surface area contributed by atoms with E-state index in [9.17, 15) is 14.4 Å². The minimum atomic E-state index is -1.04. The number of hydrogen-bond donors (Lipinski definition) is 3. The van der Waals surface area contributed by atoms with Gasteiger partial charge in [0.05, 0.1) is 25.8 Å². The first-order valence-corrected chi connectivity index (χ1v) is 8.80. The van der Waals surface area contributed by atoms with Crippen molar-refractivity contribution in [3.63, 3.8) is 0 Å². The van der Waals surface area contributed by atoms with Gasteiger partial charge in [0.15, 0.2) is 5.78 Å². The molecule has 2 rings (SSSR count). The van der Waals surface area contributed by atoms with Gasteiger partial charge in [0, 0.05) is 10.4 Å². The number of benzene rings is 1. The van der Waals surface area contributed by atoms with Crippen molar-refractivity contribution in [1.82, 2.24) is 5.32 Å². The van der Waals surface area contributed by atoms with Gasteiger partial charge in [0.2, 0.25) is 5.91 Å². The van der Waals surface area contributed by atoms with Crippen LogP contribution < -0.4 is 15.4 Å². The molecule has 1 aromatic heterocycles. The lowest BCUT2D eigenvalue weighted by molar-refractivity contribution is -0.135. The Balaban J connectivity index is 2.17. The van der Waals surface area contributed by atoms with Crippen LogP contribution in [0.25, 0.3) is 0 Å². The second-order valence-electron chi connectivity index (χ2n) is 5.41. The molecular weight excluding hydrogens is 356 g/mol. The molecule has 138 valence electrons. The van der Waals surface area contributed by atoms with Crippen molar-refractivity contribution in [1.29, 1.82) is 0 Å². The summed E-state index contributed by atoms with van der Waals surface area (Å²) in [5.41, 5.74) is 0.911. The number of rotatable bonds is 9. The van der Waals surface area contributed by atoms with Crippen LogP contribution in [-0.2, 0) is 16.0 Å². The van der Waals surface area contributed by atoms with Gasteiger partial charge in [0.1, 0.15) is 10.8 Å². The summed E-state index contributed by atoms with van der Waals surface area (Å²) in [7, 11) is 1.55. The minimum absolute atomic E-state index is 0.151. The Morgan fingerprint density at radius 3 is 2.42 bits per heavy atom. The predicted molar refractivity (Wildman–Crippen MR) is 99.3 cm³/mol. The van der Waals surface area contributed by atoms with E-state index in [-0.39, 0.29) is 18.9 Å². The normalized spacial score (nSPS) is 10.4. The molecule has 2 aromatic rings. The topological polar surface area (TPSA) is 105 Å². The summed E-state index contributed by atoms with van der Waals surface area (Å²) >= 11 is 1.34. The third-order valence-electron chi connectivity index (χ3n) is 3.54. The molecule has 0 aliphatic carbocycles. The number of ketones is 1. The summed E-state index contributed by atoms with van der Waals surface area (Å²) in [5.74, 6) is -0.992. The molecule has 3 N–H and O–H groups in total. The fourth-order valence-corrected chi connectivity index (χ4v) is 3.24. The smallest absolute Gasteiger partial charge is 0.317 e. The maximum atomic E-state index is 12.8. The van der Waals surface area contributed by atoms with Crippen molar-refractivity contribution < 1.29 is 24.2 Å². The number of aryl methyl sites for hydroxylation is 1. The average molecular weight is 376 g/mol. The van der Waals surface area contributed by atoms with Crippen LogP contribution in [0.4, 0.5) is 5.00 Å². The Labute approximate surface area is 155 Å². The number of carboxylic acid groups (broad SMARTS) is 1. The van der Waals surface area contributed by atoms with E-state index in [0.717, 1.165) is 11.3 Å². The summed E-state index contributed by atoms with van der Waals surface area (Å²) in [6.45, 7) is 1.50. The molecule has 0 fully saturated rings. The quantitative estimate of drug-likeness (QED) is 0.579. The first-order chi connectivity index (χ1) is 12.4. The molecule has 0 bridgehead atoms. The molecule has 0 spiro atoms. The fraction of sp³-hybridized carbons (Fsp3) is 0.278. The van der Waals surface area contributed by atoms with Crippen molar-refractivity contribution in [3.05, 3.63) is 46.3 Å². The highest BCUT2D eigenvalue weighted by Gasteiger charge is 2.19. The SMILES string of the molecule is CCc1cc(C(=O)c2ccc(OC)cc2)c(NC(=O)CNCC(=O)O)s1. The summed E-state index contributed by atoms with van der Waals surface area (Å²) in [6.07, 6.45) is 0.737. The molecule has 0 saturated carbocycles. The zero-order chi connectivity index (χ0) is 19.1. The van der Waals surface area contributed by atoms with Crippen molar-refractivity contribution >= 4 is 34.0 Å². The van der Waals surface area contributed by atoms with Crippen LogP contribution in [-0.4, -0.2) is 43.0 Å². The maximum absolute atomic E-state index is 12.8. The molecule has 7 nitrogen and oxygen atoms in total. The molecule has 1 amide bonds. The van der Waals surface area contributed by atoms with E-state index in [2.05, 4.69) is 10.6 Å². The number of carbonyl (C=O) groups is 3. The van der Waals surface area contributed by atoms with E-state index < -0.39 is 11.9 Å². The number of hydrogen-bond acceptors (Lipinski definition) is 6. The molecular formula is C18H20N2O5S. The number of nitrogens with one attached hydrogen (secondary N) is 2. The lowest BCUT2D eigenvalue weighted by Gasteiger charge is -2.07. The van der Waals surface area contributed by atoms with Crippen molar-refractivity contribution in [3.8, 4) is 5.75 Å². The molecule has 0 aliphatic heterocycles. The van der Waals surface area contributed by atoms with Crippen molar-refractivity contribution in [2.75, 3.05) is 25.5 Å². The van der Waals surface area contributed by atoms with Gasteiger partial charge in [-0.15, -0.1) is 11.3 Å². The predicted octanol–water partition coefficient (Wildman–Crippen LogP) is 2.16. The molecule has 8 heteroatoms. The Morgan fingerprint density at radius 1 is 1.15 bits per heavy atom. The molecule has 1 heterocycles. The molecule has 26 heavy (non-hydrogen) atoms. The number of carbonyl (C=O) groups excluding carboxylic acids is 2. The van der Waals surface area contributed by atoms with Gasteiger partial charge < -0.3 is 15.2 Å². The highest BCUT2D eigenvalue weighted by molar-refractivity contribution is 7.16. The van der Waals surface area contributed by atoms with Crippen LogP contribution in [0.5, 0.6) is 5.75 Å². The van der Waals surface area contributed by atoms with E-state index in [1.54, 1.807) is 37.4 Å². The van der Waals surface area contributed by atoms with Gasteiger partial charge in [-0.1, -0.05) is 6.92 Å².